The van der Waals surface area contributed by atoms with E-state index in [1.165, 1.54) is 44.5 Å². The molecule has 0 fully saturated rings. The van der Waals surface area contributed by atoms with Crippen molar-refractivity contribution in [1.29, 1.82) is 0 Å². The molecule has 12 aromatic rings. The van der Waals surface area contributed by atoms with Crippen LogP contribution in [0.4, 0.5) is 17.1 Å². The number of fused-ring (bicyclic) bond motifs is 19. The largest absolute Gasteiger partial charge is 0.456 e. The van der Waals surface area contributed by atoms with Gasteiger partial charge in [-0.2, -0.15) is 0 Å². The Morgan fingerprint density at radius 3 is 1.70 bits per heavy atom. The first-order valence-corrected chi connectivity index (χ1v) is 24.0. The van der Waals surface area contributed by atoms with Crippen LogP contribution in [0.2, 0.25) is 0 Å². The first kappa shape index (κ1) is 38.4. The number of hydrogen-bond donors (Lipinski definition) is 0. The van der Waals surface area contributed by atoms with Gasteiger partial charge in [-0.25, -0.2) is 0 Å². The van der Waals surface area contributed by atoms with Gasteiger partial charge in [0.15, 0.2) is 0 Å². The van der Waals surface area contributed by atoms with Crippen LogP contribution in [0, 0.1) is 0 Å². The average Bonchev–Trinajstić information content (AvgIpc) is 4.00. The lowest BCUT2D eigenvalue weighted by Gasteiger charge is -2.40. The van der Waals surface area contributed by atoms with Gasteiger partial charge in [-0.05, 0) is 109 Å². The van der Waals surface area contributed by atoms with Crippen molar-refractivity contribution < 1.29 is 9.15 Å². The Morgan fingerprint density at radius 1 is 0.362 bits per heavy atom. The molecule has 0 unspecified atom stereocenters. The van der Waals surface area contributed by atoms with Gasteiger partial charge < -0.3 is 14.1 Å². The van der Waals surface area contributed by atoms with Gasteiger partial charge in [-0.15, -0.1) is 0 Å². The van der Waals surface area contributed by atoms with Crippen LogP contribution in [-0.4, -0.2) is 0 Å². The summed E-state index contributed by atoms with van der Waals surface area (Å²) >= 11 is 0. The maximum atomic E-state index is 7.30. The van der Waals surface area contributed by atoms with Crippen LogP contribution in [0.15, 0.2) is 229 Å². The Bertz CT molecular complexity index is 4070. The lowest BCUT2D eigenvalue weighted by Crippen LogP contribution is -2.32. The first-order chi connectivity index (χ1) is 34.0. The number of hydrogen-bond acceptors (Lipinski definition) is 3. The Morgan fingerprint density at radius 2 is 0.942 bits per heavy atom. The van der Waals surface area contributed by atoms with E-state index in [2.05, 4.69) is 231 Å². The molecule has 0 radical (unpaired) electrons. The van der Waals surface area contributed by atoms with Crippen molar-refractivity contribution in [2.75, 3.05) is 4.90 Å². The lowest BCUT2D eigenvalue weighted by atomic mass is 9.65. The second-order valence-corrected chi connectivity index (χ2v) is 19.5. The van der Waals surface area contributed by atoms with Crippen LogP contribution in [-0.2, 0) is 10.8 Å². The van der Waals surface area contributed by atoms with Gasteiger partial charge in [0.05, 0.1) is 11.1 Å². The van der Waals surface area contributed by atoms with E-state index < -0.39 is 5.41 Å². The molecule has 69 heavy (non-hydrogen) atoms. The number of nitrogens with zero attached hydrogens (tertiary/aromatic N) is 1. The van der Waals surface area contributed by atoms with E-state index in [0.29, 0.717) is 0 Å². The molecule has 0 N–H and O–H groups in total. The van der Waals surface area contributed by atoms with Gasteiger partial charge >= 0.3 is 0 Å². The minimum absolute atomic E-state index is 0.177. The maximum absolute atomic E-state index is 7.30. The summed E-state index contributed by atoms with van der Waals surface area (Å²) in [4.78, 5) is 2.51. The minimum atomic E-state index is -0.675. The van der Waals surface area contributed by atoms with Gasteiger partial charge in [0.2, 0.25) is 0 Å². The molecule has 2 heterocycles. The van der Waals surface area contributed by atoms with Crippen molar-refractivity contribution in [2.24, 2.45) is 0 Å². The molecule has 324 valence electrons. The van der Waals surface area contributed by atoms with Crippen LogP contribution >= 0.6 is 0 Å². The number of rotatable bonds is 4. The fraction of sp³-hybridized carbons (Fsp3) is 0.0606. The highest BCUT2D eigenvalue weighted by molar-refractivity contribution is 6.07. The summed E-state index contributed by atoms with van der Waals surface area (Å²) in [6.45, 7) is 4.74. The highest BCUT2D eigenvalue weighted by Gasteiger charge is 2.53. The zero-order valence-corrected chi connectivity index (χ0v) is 38.1. The molecule has 11 aromatic carbocycles. The van der Waals surface area contributed by atoms with E-state index >= 15 is 0 Å². The van der Waals surface area contributed by atoms with Crippen LogP contribution in [0.25, 0.3) is 76.9 Å². The molecule has 0 saturated carbocycles. The summed E-state index contributed by atoms with van der Waals surface area (Å²) in [5.41, 5.74) is 19.1. The van der Waals surface area contributed by atoms with E-state index in [4.69, 9.17) is 9.15 Å². The number of para-hydroxylation sites is 1. The summed E-state index contributed by atoms with van der Waals surface area (Å²) in [6, 6.07) is 82.6. The third-order valence-corrected chi connectivity index (χ3v) is 15.7. The smallest absolute Gasteiger partial charge is 0.140 e. The van der Waals surface area contributed by atoms with Gasteiger partial charge in [-0.1, -0.05) is 190 Å². The monoisotopic (exact) mass is 881 g/mol. The maximum Gasteiger partial charge on any atom is 0.140 e. The second-order valence-electron chi connectivity index (χ2n) is 19.5. The molecule has 3 nitrogen and oxygen atoms in total. The molecule has 0 atom stereocenters. The Kier molecular flexibility index (Phi) is 7.77. The SMILES string of the molecule is CC1(C)c2ccccc2-c2ccc(N(c3ccc(-c4ccc5oc6ccccc6c5c4)cc3)c3cccc4c3-c3ccccc3C43c4ccc5ccccc5c4Oc4c3ccc3ccccc43)cc21. The normalized spacial score (nSPS) is 14.3. The summed E-state index contributed by atoms with van der Waals surface area (Å²) < 4.78 is 13.5. The van der Waals surface area contributed by atoms with E-state index in [9.17, 15) is 0 Å². The third-order valence-electron chi connectivity index (χ3n) is 15.7. The highest BCUT2D eigenvalue weighted by atomic mass is 16.5. The van der Waals surface area contributed by atoms with Crippen molar-refractivity contribution in [3.8, 4) is 44.9 Å². The van der Waals surface area contributed by atoms with Gasteiger partial charge in [-0.3, -0.25) is 0 Å². The second kappa shape index (κ2) is 13.9. The zero-order valence-electron chi connectivity index (χ0n) is 38.1. The molecule has 15 rings (SSSR count). The number of furan rings is 1. The third kappa shape index (κ3) is 5.17. The van der Waals surface area contributed by atoms with E-state index in [1.807, 2.05) is 12.1 Å². The summed E-state index contributed by atoms with van der Waals surface area (Å²) in [7, 11) is 0. The average molecular weight is 882 g/mol. The van der Waals surface area contributed by atoms with Crippen LogP contribution in [0.5, 0.6) is 11.5 Å². The Hall–Kier alpha value is -8.66. The molecule has 1 spiro atoms. The van der Waals surface area contributed by atoms with Crippen molar-refractivity contribution in [3.05, 3.63) is 258 Å². The molecule has 1 aromatic heterocycles. The fourth-order valence-electron chi connectivity index (χ4n) is 12.6. The standard InChI is InChI=1S/C66H43NO2/c1-65(2)53-21-10-7-18-48(53)49-34-33-45(39-58(49)65)67(44-31-26-40(27-32-44)43-30-37-61-52(38-43)50-19-9-12-25-60(50)68-61)59-24-13-23-55-62(59)51-20-8-11-22-54(51)66(55)56-35-28-41-14-3-5-16-46(41)63(56)69-64-47-17-6-4-15-42(47)29-36-57(64)66/h3-39H,1-2H3. The summed E-state index contributed by atoms with van der Waals surface area (Å²) in [5.74, 6) is 1.83. The van der Waals surface area contributed by atoms with Crippen molar-refractivity contribution in [1.82, 2.24) is 0 Å². The van der Waals surface area contributed by atoms with Gasteiger partial charge in [0.25, 0.3) is 0 Å². The molecule has 0 saturated heterocycles. The van der Waals surface area contributed by atoms with Crippen molar-refractivity contribution in [3.63, 3.8) is 0 Å². The molecular weight excluding hydrogens is 839 g/mol. The van der Waals surface area contributed by atoms with E-state index in [0.717, 1.165) is 94.3 Å². The Labute approximate surface area is 400 Å². The van der Waals surface area contributed by atoms with Gasteiger partial charge in [0, 0.05) is 55.0 Å². The quantitative estimate of drug-likeness (QED) is 0.176. The molecule has 2 aliphatic carbocycles. The molecule has 3 aliphatic rings. The zero-order chi connectivity index (χ0) is 45.6. The predicted octanol–water partition coefficient (Wildman–Crippen LogP) is 17.8. The first-order valence-electron chi connectivity index (χ1n) is 24.0. The predicted molar refractivity (Wildman–Crippen MR) is 284 cm³/mol. The lowest BCUT2D eigenvalue weighted by molar-refractivity contribution is 0.447. The molecule has 3 heteroatoms. The summed E-state index contributed by atoms with van der Waals surface area (Å²) in [5, 5.41) is 6.79. The Balaban J connectivity index is 0.988. The molecule has 0 amide bonds. The molecule has 1 aliphatic heterocycles. The van der Waals surface area contributed by atoms with Crippen LogP contribution in [0.3, 0.4) is 0 Å². The highest BCUT2D eigenvalue weighted by Crippen LogP contribution is 2.66. The van der Waals surface area contributed by atoms with E-state index in [-0.39, 0.29) is 5.41 Å². The number of ether oxygens (including phenoxy) is 1. The van der Waals surface area contributed by atoms with Crippen molar-refractivity contribution >= 4 is 60.5 Å². The van der Waals surface area contributed by atoms with E-state index in [1.54, 1.807) is 0 Å². The van der Waals surface area contributed by atoms with Crippen LogP contribution < -0.4 is 9.64 Å². The number of anilines is 3. The topological polar surface area (TPSA) is 25.6 Å². The molecular formula is C66H43NO2. The summed E-state index contributed by atoms with van der Waals surface area (Å²) in [6.07, 6.45) is 0. The van der Waals surface area contributed by atoms with Gasteiger partial charge in [0.1, 0.15) is 22.7 Å². The molecule has 0 bridgehead atoms. The van der Waals surface area contributed by atoms with Crippen molar-refractivity contribution in [2.45, 2.75) is 24.7 Å². The minimum Gasteiger partial charge on any atom is -0.456 e. The van der Waals surface area contributed by atoms with Crippen LogP contribution in [0.1, 0.15) is 47.2 Å². The number of benzene rings is 11. The fourth-order valence-corrected chi connectivity index (χ4v) is 12.6.